The van der Waals surface area contributed by atoms with Crippen LogP contribution in [0.25, 0.3) is 0 Å². The van der Waals surface area contributed by atoms with E-state index in [0.717, 1.165) is 29.2 Å². The van der Waals surface area contributed by atoms with Gasteiger partial charge in [0.05, 0.1) is 6.04 Å². The molecule has 0 aliphatic carbocycles. The van der Waals surface area contributed by atoms with E-state index in [0.29, 0.717) is 12.1 Å². The van der Waals surface area contributed by atoms with Crippen molar-refractivity contribution in [3.05, 3.63) is 70.2 Å². The number of hydrogen-bond acceptors (Lipinski definition) is 2. The Morgan fingerprint density at radius 1 is 1.08 bits per heavy atom. The van der Waals surface area contributed by atoms with E-state index in [-0.39, 0.29) is 11.9 Å². The SMILES string of the molecule is Cc1cccc(C(=O)NCC(c2ccccc2Cl)N2CCCCCC2)c1. The molecule has 3 rings (SSSR count). The van der Waals surface area contributed by atoms with Crippen LogP contribution in [0.3, 0.4) is 0 Å². The lowest BCUT2D eigenvalue weighted by Gasteiger charge is -2.31. The Morgan fingerprint density at radius 3 is 2.50 bits per heavy atom. The van der Waals surface area contributed by atoms with Crippen LogP contribution in [-0.4, -0.2) is 30.4 Å². The maximum Gasteiger partial charge on any atom is 0.251 e. The fraction of sp³-hybridized carbons (Fsp3) is 0.409. The van der Waals surface area contributed by atoms with E-state index in [4.69, 9.17) is 11.6 Å². The van der Waals surface area contributed by atoms with Crippen molar-refractivity contribution in [2.24, 2.45) is 0 Å². The fourth-order valence-electron chi connectivity index (χ4n) is 3.67. The van der Waals surface area contributed by atoms with Gasteiger partial charge >= 0.3 is 0 Å². The van der Waals surface area contributed by atoms with Gasteiger partial charge in [0, 0.05) is 17.1 Å². The van der Waals surface area contributed by atoms with Crippen LogP contribution in [-0.2, 0) is 0 Å². The van der Waals surface area contributed by atoms with Gasteiger partial charge in [-0.2, -0.15) is 0 Å². The standard InChI is InChI=1S/C22H27ClN2O/c1-17-9-8-10-18(15-17)22(26)24-16-21(19-11-4-5-12-20(19)23)25-13-6-2-3-7-14-25/h4-5,8-12,15,21H,2-3,6-7,13-14,16H2,1H3,(H,24,26). The van der Waals surface area contributed by atoms with Gasteiger partial charge in [0.2, 0.25) is 0 Å². The highest BCUT2D eigenvalue weighted by Crippen LogP contribution is 2.29. The van der Waals surface area contributed by atoms with Gasteiger partial charge in [0.1, 0.15) is 0 Å². The topological polar surface area (TPSA) is 32.3 Å². The smallest absolute Gasteiger partial charge is 0.251 e. The van der Waals surface area contributed by atoms with Gasteiger partial charge < -0.3 is 5.32 Å². The van der Waals surface area contributed by atoms with Crippen molar-refractivity contribution in [2.75, 3.05) is 19.6 Å². The molecule has 2 aromatic carbocycles. The minimum absolute atomic E-state index is 0.0272. The van der Waals surface area contributed by atoms with Crippen LogP contribution in [0.4, 0.5) is 0 Å². The summed E-state index contributed by atoms with van der Waals surface area (Å²) in [6.07, 6.45) is 4.96. The first-order valence-corrected chi connectivity index (χ1v) is 9.86. The van der Waals surface area contributed by atoms with Gasteiger partial charge in [-0.05, 0) is 56.6 Å². The fourth-order valence-corrected chi connectivity index (χ4v) is 3.93. The molecule has 0 bridgehead atoms. The summed E-state index contributed by atoms with van der Waals surface area (Å²) in [5, 5.41) is 3.90. The van der Waals surface area contributed by atoms with Crippen molar-refractivity contribution in [1.82, 2.24) is 10.2 Å². The van der Waals surface area contributed by atoms with E-state index < -0.39 is 0 Å². The second-order valence-corrected chi connectivity index (χ2v) is 7.47. The average Bonchev–Trinajstić information content (AvgIpc) is 2.92. The number of carbonyl (C=O) groups is 1. The molecule has 26 heavy (non-hydrogen) atoms. The van der Waals surface area contributed by atoms with Gasteiger partial charge in [0.25, 0.3) is 5.91 Å². The molecule has 1 saturated heterocycles. The van der Waals surface area contributed by atoms with E-state index in [2.05, 4.69) is 16.3 Å². The lowest BCUT2D eigenvalue weighted by atomic mass is 10.0. The van der Waals surface area contributed by atoms with Crippen LogP contribution in [0.5, 0.6) is 0 Å². The molecule has 4 heteroatoms. The molecule has 0 aromatic heterocycles. The van der Waals surface area contributed by atoms with Crippen molar-refractivity contribution in [3.63, 3.8) is 0 Å². The molecule has 0 radical (unpaired) electrons. The van der Waals surface area contributed by atoms with Gasteiger partial charge in [-0.3, -0.25) is 9.69 Å². The van der Waals surface area contributed by atoms with Gasteiger partial charge in [-0.25, -0.2) is 0 Å². The summed E-state index contributed by atoms with van der Waals surface area (Å²) < 4.78 is 0. The van der Waals surface area contributed by atoms with Crippen LogP contribution in [0.2, 0.25) is 5.02 Å². The number of aryl methyl sites for hydroxylation is 1. The van der Waals surface area contributed by atoms with Crippen LogP contribution >= 0.6 is 11.6 Å². The Balaban J connectivity index is 1.77. The number of amides is 1. The van der Waals surface area contributed by atoms with Crippen molar-refractivity contribution in [2.45, 2.75) is 38.6 Å². The Labute approximate surface area is 161 Å². The van der Waals surface area contributed by atoms with E-state index in [9.17, 15) is 4.79 Å². The third-order valence-corrected chi connectivity index (χ3v) is 5.43. The minimum atomic E-state index is -0.0272. The highest BCUT2D eigenvalue weighted by atomic mass is 35.5. The zero-order chi connectivity index (χ0) is 18.4. The molecule has 1 unspecified atom stereocenters. The third-order valence-electron chi connectivity index (χ3n) is 5.08. The van der Waals surface area contributed by atoms with Gasteiger partial charge in [-0.1, -0.05) is 60.3 Å². The second-order valence-electron chi connectivity index (χ2n) is 7.07. The Morgan fingerprint density at radius 2 is 1.81 bits per heavy atom. The summed E-state index contributed by atoms with van der Waals surface area (Å²) in [6.45, 7) is 4.67. The normalized spacial score (nSPS) is 16.7. The highest BCUT2D eigenvalue weighted by Gasteiger charge is 2.24. The van der Waals surface area contributed by atoms with Crippen molar-refractivity contribution in [1.29, 1.82) is 0 Å². The summed E-state index contributed by atoms with van der Waals surface area (Å²) in [7, 11) is 0. The van der Waals surface area contributed by atoms with E-state index >= 15 is 0 Å². The first-order chi connectivity index (χ1) is 12.6. The van der Waals surface area contributed by atoms with E-state index in [1.807, 2.05) is 49.4 Å². The second kappa shape index (κ2) is 9.20. The number of nitrogens with one attached hydrogen (secondary N) is 1. The molecule has 1 fully saturated rings. The molecule has 1 aliphatic heterocycles. The monoisotopic (exact) mass is 370 g/mol. The molecule has 3 nitrogen and oxygen atoms in total. The summed E-state index contributed by atoms with van der Waals surface area (Å²) in [6, 6.07) is 15.8. The van der Waals surface area contributed by atoms with E-state index in [1.54, 1.807) is 0 Å². The maximum atomic E-state index is 12.6. The molecule has 1 heterocycles. The third kappa shape index (κ3) is 4.87. The molecule has 1 amide bonds. The largest absolute Gasteiger partial charge is 0.350 e. The van der Waals surface area contributed by atoms with Crippen LogP contribution < -0.4 is 5.32 Å². The van der Waals surface area contributed by atoms with Crippen molar-refractivity contribution >= 4 is 17.5 Å². The summed E-state index contributed by atoms with van der Waals surface area (Å²) in [5.41, 5.74) is 2.90. The Kier molecular flexibility index (Phi) is 6.70. The average molecular weight is 371 g/mol. The molecular formula is C22H27ClN2O. The lowest BCUT2D eigenvalue weighted by molar-refractivity contribution is 0.0933. The molecular weight excluding hydrogens is 344 g/mol. The van der Waals surface area contributed by atoms with Crippen molar-refractivity contribution in [3.8, 4) is 0 Å². The maximum absolute atomic E-state index is 12.6. The molecule has 2 aromatic rings. The summed E-state index contributed by atoms with van der Waals surface area (Å²) in [4.78, 5) is 15.1. The van der Waals surface area contributed by atoms with Crippen LogP contribution in [0, 0.1) is 6.92 Å². The number of rotatable bonds is 5. The number of likely N-dealkylation sites (tertiary alicyclic amines) is 1. The number of hydrogen-bond donors (Lipinski definition) is 1. The predicted molar refractivity (Wildman–Crippen MR) is 108 cm³/mol. The zero-order valence-corrected chi connectivity index (χ0v) is 16.1. The van der Waals surface area contributed by atoms with E-state index in [1.165, 1.54) is 25.7 Å². The molecule has 0 saturated carbocycles. The molecule has 138 valence electrons. The quantitative estimate of drug-likeness (QED) is 0.803. The zero-order valence-electron chi connectivity index (χ0n) is 15.4. The molecule has 0 spiro atoms. The van der Waals surface area contributed by atoms with Gasteiger partial charge in [0.15, 0.2) is 0 Å². The minimum Gasteiger partial charge on any atom is -0.350 e. The number of nitrogens with zero attached hydrogens (tertiary/aromatic N) is 1. The lowest BCUT2D eigenvalue weighted by Crippen LogP contribution is -2.38. The highest BCUT2D eigenvalue weighted by molar-refractivity contribution is 6.31. The first-order valence-electron chi connectivity index (χ1n) is 9.48. The first kappa shape index (κ1) is 18.9. The van der Waals surface area contributed by atoms with Crippen molar-refractivity contribution < 1.29 is 4.79 Å². The van der Waals surface area contributed by atoms with Crippen LogP contribution in [0.1, 0.15) is 53.2 Å². The predicted octanol–water partition coefficient (Wildman–Crippen LogP) is 5.00. The molecule has 1 aliphatic rings. The summed E-state index contributed by atoms with van der Waals surface area (Å²) >= 11 is 6.49. The Bertz CT molecular complexity index is 738. The number of halogens is 1. The molecule has 1 N–H and O–H groups in total. The van der Waals surface area contributed by atoms with Gasteiger partial charge in [-0.15, -0.1) is 0 Å². The Hall–Kier alpha value is -1.84. The molecule has 1 atom stereocenters. The number of carbonyl (C=O) groups excluding carboxylic acids is 1. The summed E-state index contributed by atoms with van der Waals surface area (Å²) in [5.74, 6) is -0.0272. The van der Waals surface area contributed by atoms with Crippen LogP contribution in [0.15, 0.2) is 48.5 Å². The number of benzene rings is 2.